The van der Waals surface area contributed by atoms with E-state index in [1.165, 1.54) is 9.75 Å². The lowest BCUT2D eigenvalue weighted by Crippen LogP contribution is -2.12. The summed E-state index contributed by atoms with van der Waals surface area (Å²) >= 11 is 1.83. The van der Waals surface area contributed by atoms with E-state index in [0.29, 0.717) is 0 Å². The molecular formula is C16H24N4S. The van der Waals surface area contributed by atoms with Crippen LogP contribution in [0, 0.1) is 6.92 Å². The second-order valence-corrected chi connectivity index (χ2v) is 6.46. The number of hydrogen-bond acceptors (Lipinski definition) is 5. The van der Waals surface area contributed by atoms with E-state index in [9.17, 15) is 0 Å². The van der Waals surface area contributed by atoms with Crippen molar-refractivity contribution < 1.29 is 0 Å². The Morgan fingerprint density at radius 2 is 1.95 bits per heavy atom. The van der Waals surface area contributed by atoms with Crippen LogP contribution in [0.2, 0.25) is 0 Å². The largest absolute Gasteiger partial charge is 0.370 e. The summed E-state index contributed by atoms with van der Waals surface area (Å²) in [6.07, 6.45) is 3.62. The topological polar surface area (TPSA) is 49.8 Å². The van der Waals surface area contributed by atoms with Crippen molar-refractivity contribution in [1.82, 2.24) is 9.97 Å². The molecule has 1 atom stereocenters. The Kier molecular flexibility index (Phi) is 5.56. The van der Waals surface area contributed by atoms with Gasteiger partial charge in [-0.25, -0.2) is 9.97 Å². The predicted molar refractivity (Wildman–Crippen MR) is 91.3 cm³/mol. The Morgan fingerprint density at radius 1 is 1.19 bits per heavy atom. The summed E-state index contributed by atoms with van der Waals surface area (Å²) in [5.41, 5.74) is 1.16. The lowest BCUT2D eigenvalue weighted by molar-refractivity contribution is 0.878. The first-order valence-electron chi connectivity index (χ1n) is 7.56. The van der Waals surface area contributed by atoms with Crippen LogP contribution in [-0.2, 0) is 6.42 Å². The molecule has 0 bridgehead atoms. The van der Waals surface area contributed by atoms with Crippen LogP contribution in [0.15, 0.2) is 18.5 Å². The van der Waals surface area contributed by atoms with Gasteiger partial charge in [-0.3, -0.25) is 0 Å². The zero-order chi connectivity index (χ0) is 15.2. The van der Waals surface area contributed by atoms with Gasteiger partial charge in [0.15, 0.2) is 0 Å². The zero-order valence-corrected chi connectivity index (χ0v) is 14.0. The number of aromatic nitrogens is 2. The predicted octanol–water partition coefficient (Wildman–Crippen LogP) is 4.40. The molecule has 5 heteroatoms. The van der Waals surface area contributed by atoms with Crippen molar-refractivity contribution in [2.75, 3.05) is 17.2 Å². The second kappa shape index (κ2) is 7.41. The van der Waals surface area contributed by atoms with Crippen LogP contribution in [0.25, 0.3) is 0 Å². The summed E-state index contributed by atoms with van der Waals surface area (Å²) < 4.78 is 0. The minimum Gasteiger partial charge on any atom is -0.370 e. The molecule has 2 aromatic rings. The Hall–Kier alpha value is -1.62. The average Bonchev–Trinajstić information content (AvgIpc) is 2.92. The summed E-state index contributed by atoms with van der Waals surface area (Å²) in [4.78, 5) is 11.5. The van der Waals surface area contributed by atoms with Gasteiger partial charge in [0, 0.05) is 21.9 Å². The molecule has 114 valence electrons. The van der Waals surface area contributed by atoms with Crippen molar-refractivity contribution in [3.8, 4) is 0 Å². The fourth-order valence-electron chi connectivity index (χ4n) is 2.23. The van der Waals surface area contributed by atoms with Gasteiger partial charge in [-0.1, -0.05) is 13.8 Å². The third-order valence-corrected chi connectivity index (χ3v) is 4.57. The first-order valence-corrected chi connectivity index (χ1v) is 8.38. The normalized spacial score (nSPS) is 12.2. The summed E-state index contributed by atoms with van der Waals surface area (Å²) in [6, 6.07) is 4.59. The molecule has 0 radical (unpaired) electrons. The summed E-state index contributed by atoms with van der Waals surface area (Å²) in [6.45, 7) is 9.53. The molecule has 0 fully saturated rings. The highest BCUT2D eigenvalue weighted by molar-refractivity contribution is 7.12. The molecule has 4 nitrogen and oxygen atoms in total. The number of hydrogen-bond donors (Lipinski definition) is 2. The molecule has 1 unspecified atom stereocenters. The van der Waals surface area contributed by atoms with Crippen molar-refractivity contribution in [2.24, 2.45) is 0 Å². The summed E-state index contributed by atoms with van der Waals surface area (Å²) in [5, 5.41) is 6.91. The molecule has 0 aliphatic heterocycles. The molecule has 0 saturated heterocycles. The Bertz CT molecular complexity index is 579. The molecule has 0 saturated carbocycles. The quantitative estimate of drug-likeness (QED) is 0.796. The Labute approximate surface area is 131 Å². The van der Waals surface area contributed by atoms with Crippen LogP contribution in [0.5, 0.6) is 0 Å². The van der Waals surface area contributed by atoms with Gasteiger partial charge in [0.1, 0.15) is 18.0 Å². The third-order valence-electron chi connectivity index (χ3n) is 3.38. The van der Waals surface area contributed by atoms with Crippen LogP contribution in [0.3, 0.4) is 0 Å². The second-order valence-electron chi connectivity index (χ2n) is 5.14. The SMILES string of the molecule is CCCNc1ncnc(NC(C)c2ccc(C)s2)c1CC. The fraction of sp³-hybridized carbons (Fsp3) is 0.500. The molecule has 2 rings (SSSR count). The average molecular weight is 304 g/mol. The highest BCUT2D eigenvalue weighted by atomic mass is 32.1. The molecule has 2 aromatic heterocycles. The minimum absolute atomic E-state index is 0.253. The summed E-state index contributed by atoms with van der Waals surface area (Å²) in [5.74, 6) is 1.89. The Morgan fingerprint density at radius 3 is 2.57 bits per heavy atom. The van der Waals surface area contributed by atoms with Gasteiger partial charge in [0.25, 0.3) is 0 Å². The van der Waals surface area contributed by atoms with E-state index in [1.807, 2.05) is 11.3 Å². The molecule has 2 N–H and O–H groups in total. The van der Waals surface area contributed by atoms with Crippen LogP contribution in [0.4, 0.5) is 11.6 Å². The van der Waals surface area contributed by atoms with Gasteiger partial charge in [0.2, 0.25) is 0 Å². The number of nitrogens with one attached hydrogen (secondary N) is 2. The van der Waals surface area contributed by atoms with Crippen LogP contribution in [-0.4, -0.2) is 16.5 Å². The molecular weight excluding hydrogens is 280 g/mol. The van der Waals surface area contributed by atoms with E-state index in [0.717, 1.165) is 36.6 Å². The summed E-state index contributed by atoms with van der Waals surface area (Å²) in [7, 11) is 0. The lowest BCUT2D eigenvalue weighted by atomic mass is 10.2. The van der Waals surface area contributed by atoms with Crippen LogP contribution >= 0.6 is 11.3 Å². The zero-order valence-electron chi connectivity index (χ0n) is 13.2. The maximum Gasteiger partial charge on any atom is 0.135 e. The maximum absolute atomic E-state index is 4.43. The Balaban J connectivity index is 2.18. The fourth-order valence-corrected chi connectivity index (χ4v) is 3.11. The highest BCUT2D eigenvalue weighted by Gasteiger charge is 2.13. The molecule has 0 aromatic carbocycles. The molecule has 0 spiro atoms. The van der Waals surface area contributed by atoms with Gasteiger partial charge in [-0.2, -0.15) is 0 Å². The van der Waals surface area contributed by atoms with Crippen molar-refractivity contribution in [3.05, 3.63) is 33.8 Å². The van der Waals surface area contributed by atoms with Crippen molar-refractivity contribution >= 4 is 23.0 Å². The van der Waals surface area contributed by atoms with E-state index >= 15 is 0 Å². The van der Waals surface area contributed by atoms with Crippen molar-refractivity contribution in [2.45, 2.75) is 46.6 Å². The number of anilines is 2. The molecule has 0 amide bonds. The third kappa shape index (κ3) is 3.94. The van der Waals surface area contributed by atoms with Gasteiger partial charge >= 0.3 is 0 Å². The standard InChI is InChI=1S/C16H24N4S/c1-5-9-17-15-13(6-2)16(19-10-18-15)20-12(4)14-8-7-11(3)21-14/h7-8,10,12H,5-6,9H2,1-4H3,(H2,17,18,19,20). The first-order chi connectivity index (χ1) is 10.2. The molecule has 2 heterocycles. The molecule has 21 heavy (non-hydrogen) atoms. The highest BCUT2D eigenvalue weighted by Crippen LogP contribution is 2.28. The van der Waals surface area contributed by atoms with E-state index in [4.69, 9.17) is 0 Å². The lowest BCUT2D eigenvalue weighted by Gasteiger charge is -2.17. The van der Waals surface area contributed by atoms with E-state index in [-0.39, 0.29) is 6.04 Å². The molecule has 0 aliphatic carbocycles. The number of nitrogens with zero attached hydrogens (tertiary/aromatic N) is 2. The van der Waals surface area contributed by atoms with Gasteiger partial charge in [-0.05, 0) is 38.8 Å². The monoisotopic (exact) mass is 304 g/mol. The van der Waals surface area contributed by atoms with Crippen molar-refractivity contribution in [3.63, 3.8) is 0 Å². The van der Waals surface area contributed by atoms with E-state index in [2.05, 4.69) is 60.4 Å². The van der Waals surface area contributed by atoms with Crippen molar-refractivity contribution in [1.29, 1.82) is 0 Å². The number of aryl methyl sites for hydroxylation is 1. The van der Waals surface area contributed by atoms with E-state index < -0.39 is 0 Å². The molecule has 0 aliphatic rings. The number of thiophene rings is 1. The van der Waals surface area contributed by atoms with E-state index in [1.54, 1.807) is 6.33 Å². The number of rotatable bonds is 7. The van der Waals surface area contributed by atoms with Gasteiger partial charge < -0.3 is 10.6 Å². The van der Waals surface area contributed by atoms with Crippen LogP contribution < -0.4 is 10.6 Å². The maximum atomic E-state index is 4.43. The van der Waals surface area contributed by atoms with Gasteiger partial charge in [0.05, 0.1) is 6.04 Å². The van der Waals surface area contributed by atoms with Gasteiger partial charge in [-0.15, -0.1) is 11.3 Å². The smallest absolute Gasteiger partial charge is 0.135 e. The minimum atomic E-state index is 0.253. The first kappa shape index (κ1) is 15.8. The van der Waals surface area contributed by atoms with Crippen LogP contribution in [0.1, 0.15) is 48.6 Å².